The molecule has 1 saturated carbocycles. The van der Waals surface area contributed by atoms with Gasteiger partial charge in [0.05, 0.1) is 18.3 Å². The highest BCUT2D eigenvalue weighted by Gasteiger charge is 2.44. The molecule has 2 fully saturated rings. The van der Waals surface area contributed by atoms with E-state index in [1.54, 1.807) is 0 Å². The molecule has 1 aliphatic carbocycles. The van der Waals surface area contributed by atoms with Gasteiger partial charge in [-0.25, -0.2) is 12.7 Å². The number of carbonyl (C=O) groups excluding carboxylic acids is 1. The van der Waals surface area contributed by atoms with E-state index in [-0.39, 0.29) is 18.4 Å². The van der Waals surface area contributed by atoms with Crippen LogP contribution in [-0.2, 0) is 19.6 Å². The first-order chi connectivity index (χ1) is 8.96. The highest BCUT2D eigenvalue weighted by Crippen LogP contribution is 2.33. The number of nitrogens with zero attached hydrogens (tertiary/aromatic N) is 1. The van der Waals surface area contributed by atoms with Gasteiger partial charge in [0.15, 0.2) is 0 Å². The number of hydrogen-bond acceptors (Lipinski definition) is 5. The van der Waals surface area contributed by atoms with Gasteiger partial charge in [-0.2, -0.15) is 0 Å². The van der Waals surface area contributed by atoms with Crippen molar-refractivity contribution >= 4 is 28.4 Å². The van der Waals surface area contributed by atoms with E-state index in [0.717, 1.165) is 12.8 Å². The molecular weight excluding hydrogens is 304 g/mol. The van der Waals surface area contributed by atoms with Crippen molar-refractivity contribution in [3.8, 4) is 0 Å². The number of sulfonamides is 1. The molecule has 0 bridgehead atoms. The van der Waals surface area contributed by atoms with Gasteiger partial charge in [0.1, 0.15) is 0 Å². The predicted octanol–water partition coefficient (Wildman–Crippen LogP) is 0.503. The average Bonchev–Trinajstić information content (AvgIpc) is 2.85. The van der Waals surface area contributed by atoms with Crippen molar-refractivity contribution in [3.63, 3.8) is 0 Å². The van der Waals surface area contributed by atoms with Gasteiger partial charge in [-0.1, -0.05) is 12.8 Å². The zero-order valence-corrected chi connectivity index (χ0v) is 13.3. The lowest BCUT2D eigenvalue weighted by Crippen LogP contribution is -2.46. The van der Waals surface area contributed by atoms with Crippen LogP contribution in [0.1, 0.15) is 32.1 Å². The van der Waals surface area contributed by atoms with E-state index in [2.05, 4.69) is 0 Å². The van der Waals surface area contributed by atoms with Crippen LogP contribution in [0.2, 0.25) is 0 Å². The highest BCUT2D eigenvalue weighted by atomic mass is 35.5. The van der Waals surface area contributed by atoms with E-state index >= 15 is 0 Å². The molecule has 0 radical (unpaired) electrons. The Morgan fingerprint density at radius 1 is 1.25 bits per heavy atom. The Balaban J connectivity index is 0.00000200. The molecule has 118 valence electrons. The number of carbonyl (C=O) groups is 1. The third kappa shape index (κ3) is 3.44. The Morgan fingerprint density at radius 3 is 2.45 bits per heavy atom. The molecule has 0 spiro atoms. The van der Waals surface area contributed by atoms with Crippen molar-refractivity contribution in [2.75, 3.05) is 20.2 Å². The average molecular weight is 327 g/mol. The lowest BCUT2D eigenvalue weighted by atomic mass is 9.89. The van der Waals surface area contributed by atoms with E-state index in [1.807, 2.05) is 0 Å². The molecule has 3 unspecified atom stereocenters. The molecule has 0 aromatic rings. The second-order valence-electron chi connectivity index (χ2n) is 5.40. The fraction of sp³-hybridized carbons (Fsp3) is 0.917. The lowest BCUT2D eigenvalue weighted by molar-refractivity contribution is -0.146. The maximum atomic E-state index is 12.6. The number of halogens is 1. The first-order valence-electron chi connectivity index (χ1n) is 6.79. The van der Waals surface area contributed by atoms with Crippen molar-refractivity contribution in [3.05, 3.63) is 0 Å². The molecule has 8 heteroatoms. The van der Waals surface area contributed by atoms with Crippen LogP contribution in [0.15, 0.2) is 0 Å². The summed E-state index contributed by atoms with van der Waals surface area (Å²) in [5, 5.41) is -0.640. The summed E-state index contributed by atoms with van der Waals surface area (Å²) in [5.74, 6) is -0.933. The zero-order valence-electron chi connectivity index (χ0n) is 11.7. The van der Waals surface area contributed by atoms with Crippen LogP contribution in [0.5, 0.6) is 0 Å². The maximum Gasteiger partial charge on any atom is 0.310 e. The van der Waals surface area contributed by atoms with Crippen LogP contribution in [0, 0.1) is 5.92 Å². The third-order valence-electron chi connectivity index (χ3n) is 4.14. The van der Waals surface area contributed by atoms with Crippen LogP contribution in [0.4, 0.5) is 0 Å². The molecule has 2 N–H and O–H groups in total. The van der Waals surface area contributed by atoms with Crippen molar-refractivity contribution in [2.45, 2.75) is 43.4 Å². The Bertz CT molecular complexity index is 443. The van der Waals surface area contributed by atoms with Gasteiger partial charge in [0.25, 0.3) is 0 Å². The number of hydrogen-bond donors (Lipinski definition) is 1. The standard InChI is InChI=1S/C12H22N2O4S.ClH/c1-18-12(15)10-4-2-3-5-11(10)19(16,17)14-7-6-9(13)8-14;/h9-11H,2-8,13H2,1H3;1H. The van der Waals surface area contributed by atoms with Crippen LogP contribution in [-0.4, -0.2) is 50.2 Å². The molecular formula is C12H23ClN2O4S. The number of methoxy groups -OCH3 is 1. The Hall–Kier alpha value is -0.370. The topological polar surface area (TPSA) is 89.7 Å². The molecule has 0 aromatic heterocycles. The highest BCUT2D eigenvalue weighted by molar-refractivity contribution is 7.89. The monoisotopic (exact) mass is 326 g/mol. The summed E-state index contributed by atoms with van der Waals surface area (Å²) in [6, 6.07) is -0.0880. The molecule has 2 aliphatic rings. The summed E-state index contributed by atoms with van der Waals surface area (Å²) in [7, 11) is -2.13. The van der Waals surface area contributed by atoms with E-state index in [0.29, 0.717) is 32.4 Å². The van der Waals surface area contributed by atoms with E-state index in [1.165, 1.54) is 11.4 Å². The van der Waals surface area contributed by atoms with Crippen LogP contribution >= 0.6 is 12.4 Å². The molecule has 0 aromatic carbocycles. The molecule has 20 heavy (non-hydrogen) atoms. The molecule has 3 atom stereocenters. The van der Waals surface area contributed by atoms with Gasteiger partial charge in [0, 0.05) is 19.1 Å². The third-order valence-corrected chi connectivity index (χ3v) is 6.52. The van der Waals surface area contributed by atoms with Gasteiger partial charge >= 0.3 is 5.97 Å². The van der Waals surface area contributed by atoms with Crippen LogP contribution in [0.3, 0.4) is 0 Å². The number of nitrogens with two attached hydrogens (primary N) is 1. The van der Waals surface area contributed by atoms with Gasteiger partial charge < -0.3 is 10.5 Å². The zero-order chi connectivity index (χ0) is 14.0. The lowest BCUT2D eigenvalue weighted by Gasteiger charge is -2.32. The quantitative estimate of drug-likeness (QED) is 0.763. The summed E-state index contributed by atoms with van der Waals surface area (Å²) in [4.78, 5) is 11.8. The summed E-state index contributed by atoms with van der Waals surface area (Å²) >= 11 is 0. The Morgan fingerprint density at radius 2 is 1.90 bits per heavy atom. The Labute approximate surface area is 126 Å². The number of ether oxygens (including phenoxy) is 1. The largest absolute Gasteiger partial charge is 0.469 e. The smallest absolute Gasteiger partial charge is 0.310 e. The summed E-state index contributed by atoms with van der Waals surface area (Å²) in [6.07, 6.45) is 3.54. The molecule has 1 saturated heterocycles. The maximum absolute atomic E-state index is 12.6. The van der Waals surface area contributed by atoms with Gasteiger partial charge in [-0.15, -0.1) is 12.4 Å². The first-order valence-corrected chi connectivity index (χ1v) is 8.29. The van der Waals surface area contributed by atoms with E-state index in [9.17, 15) is 13.2 Å². The van der Waals surface area contributed by atoms with Crippen LogP contribution < -0.4 is 5.73 Å². The summed E-state index contributed by atoms with van der Waals surface area (Å²) in [6.45, 7) is 0.834. The minimum Gasteiger partial charge on any atom is -0.469 e. The molecule has 6 nitrogen and oxygen atoms in total. The molecule has 1 heterocycles. The van der Waals surface area contributed by atoms with Crippen molar-refractivity contribution in [1.29, 1.82) is 0 Å². The number of rotatable bonds is 3. The second-order valence-corrected chi connectivity index (χ2v) is 7.56. The van der Waals surface area contributed by atoms with Crippen LogP contribution in [0.25, 0.3) is 0 Å². The second kappa shape index (κ2) is 7.06. The van der Waals surface area contributed by atoms with E-state index in [4.69, 9.17) is 10.5 Å². The van der Waals surface area contributed by atoms with Gasteiger partial charge in [-0.3, -0.25) is 4.79 Å². The van der Waals surface area contributed by atoms with E-state index < -0.39 is 27.2 Å². The Kier molecular flexibility index (Phi) is 6.25. The van der Waals surface area contributed by atoms with Gasteiger partial charge in [0.2, 0.25) is 10.0 Å². The van der Waals surface area contributed by atoms with Crippen molar-refractivity contribution in [1.82, 2.24) is 4.31 Å². The van der Waals surface area contributed by atoms with Crippen molar-refractivity contribution in [2.24, 2.45) is 11.7 Å². The van der Waals surface area contributed by atoms with Crippen molar-refractivity contribution < 1.29 is 17.9 Å². The first kappa shape index (κ1) is 17.7. The fourth-order valence-corrected chi connectivity index (χ4v) is 5.32. The van der Waals surface area contributed by atoms with Gasteiger partial charge in [-0.05, 0) is 19.3 Å². The molecule has 1 aliphatic heterocycles. The number of esters is 1. The predicted molar refractivity (Wildman–Crippen MR) is 78.1 cm³/mol. The summed E-state index contributed by atoms with van der Waals surface area (Å²) < 4.78 is 31.5. The normalized spacial score (nSPS) is 31.6. The SMILES string of the molecule is COC(=O)C1CCCCC1S(=O)(=O)N1CCC(N)C1.Cl. The minimum atomic E-state index is -3.45. The minimum absolute atomic E-state index is 0. The molecule has 0 amide bonds. The summed E-state index contributed by atoms with van der Waals surface area (Å²) in [5.41, 5.74) is 5.77. The fourth-order valence-electron chi connectivity index (χ4n) is 3.05. The molecule has 2 rings (SSSR count).